The van der Waals surface area contributed by atoms with Gasteiger partial charge in [-0.1, -0.05) is 20.8 Å². The Morgan fingerprint density at radius 1 is 1.35 bits per heavy atom. The smallest absolute Gasteiger partial charge is 0.274 e. The van der Waals surface area contributed by atoms with Crippen LogP contribution in [0.15, 0.2) is 30.6 Å². The van der Waals surface area contributed by atoms with Crippen molar-refractivity contribution in [3.05, 3.63) is 47.5 Å². The topological polar surface area (TPSA) is 71.1 Å². The first-order valence-corrected chi connectivity index (χ1v) is 7.82. The second-order valence-corrected chi connectivity index (χ2v) is 6.81. The summed E-state index contributed by atoms with van der Waals surface area (Å²) in [6, 6.07) is 5.69. The van der Waals surface area contributed by atoms with Crippen molar-refractivity contribution < 1.29 is 9.53 Å². The standard InChI is InChI=1S/C17H22N4O2/c1-17(2,3)15-10-13(19-20-15)16(22)21-8-9-23-14(11-21)12-4-6-18-7-5-12/h4-7,10,14H,8-9,11H2,1-3H3,(H,19,20)/t14-/m0/s1. The molecule has 2 aromatic heterocycles. The molecule has 1 fully saturated rings. The molecule has 1 amide bonds. The van der Waals surface area contributed by atoms with Gasteiger partial charge in [0.2, 0.25) is 0 Å². The van der Waals surface area contributed by atoms with Crippen molar-refractivity contribution in [2.24, 2.45) is 0 Å². The first kappa shape index (κ1) is 15.7. The summed E-state index contributed by atoms with van der Waals surface area (Å²) >= 11 is 0. The number of aromatic amines is 1. The minimum absolute atomic E-state index is 0.0564. The molecule has 1 aliphatic rings. The first-order valence-electron chi connectivity index (χ1n) is 7.82. The van der Waals surface area contributed by atoms with Gasteiger partial charge >= 0.3 is 0 Å². The SMILES string of the molecule is CC(C)(C)c1cc(C(=O)N2CCO[C@H](c3ccncc3)C2)n[nH]1. The summed E-state index contributed by atoms with van der Waals surface area (Å²) in [4.78, 5) is 18.5. The van der Waals surface area contributed by atoms with E-state index in [2.05, 4.69) is 36.0 Å². The molecule has 6 nitrogen and oxygen atoms in total. The van der Waals surface area contributed by atoms with Gasteiger partial charge in [-0.2, -0.15) is 5.10 Å². The molecule has 1 atom stereocenters. The summed E-state index contributed by atoms with van der Waals surface area (Å²) in [7, 11) is 0. The van der Waals surface area contributed by atoms with Crippen molar-refractivity contribution in [2.75, 3.05) is 19.7 Å². The number of amides is 1. The van der Waals surface area contributed by atoms with Crippen LogP contribution in [0.1, 0.15) is 48.6 Å². The quantitative estimate of drug-likeness (QED) is 0.923. The summed E-state index contributed by atoms with van der Waals surface area (Å²) in [6.45, 7) is 7.89. The number of nitrogens with one attached hydrogen (secondary N) is 1. The molecule has 0 spiro atoms. The molecule has 1 aliphatic heterocycles. The van der Waals surface area contributed by atoms with Crippen LogP contribution in [0.2, 0.25) is 0 Å². The zero-order valence-electron chi connectivity index (χ0n) is 13.7. The molecule has 23 heavy (non-hydrogen) atoms. The summed E-state index contributed by atoms with van der Waals surface area (Å²) < 4.78 is 5.79. The van der Waals surface area contributed by atoms with E-state index in [1.54, 1.807) is 17.3 Å². The van der Waals surface area contributed by atoms with Gasteiger partial charge in [0.15, 0.2) is 0 Å². The fourth-order valence-corrected chi connectivity index (χ4v) is 2.59. The minimum atomic E-state index is -0.114. The molecule has 0 bridgehead atoms. The lowest BCUT2D eigenvalue weighted by molar-refractivity contribution is -0.0230. The van der Waals surface area contributed by atoms with Crippen LogP contribution in [0, 0.1) is 0 Å². The molecule has 0 aliphatic carbocycles. The number of carbonyl (C=O) groups is 1. The second kappa shape index (κ2) is 6.12. The minimum Gasteiger partial charge on any atom is -0.370 e. The van der Waals surface area contributed by atoms with Crippen LogP contribution in [-0.4, -0.2) is 45.7 Å². The Morgan fingerprint density at radius 3 is 2.74 bits per heavy atom. The number of ether oxygens (including phenoxy) is 1. The monoisotopic (exact) mass is 314 g/mol. The molecule has 0 saturated carbocycles. The number of aromatic nitrogens is 3. The maximum absolute atomic E-state index is 12.7. The molecule has 0 unspecified atom stereocenters. The number of hydrogen-bond acceptors (Lipinski definition) is 4. The highest BCUT2D eigenvalue weighted by atomic mass is 16.5. The van der Waals surface area contributed by atoms with Crippen LogP contribution in [-0.2, 0) is 10.2 Å². The molecule has 1 saturated heterocycles. The number of pyridine rings is 1. The van der Waals surface area contributed by atoms with Crippen LogP contribution in [0.25, 0.3) is 0 Å². The largest absolute Gasteiger partial charge is 0.370 e. The lowest BCUT2D eigenvalue weighted by Crippen LogP contribution is -2.42. The van der Waals surface area contributed by atoms with Crippen molar-refractivity contribution in [3.63, 3.8) is 0 Å². The Hall–Kier alpha value is -2.21. The Balaban J connectivity index is 1.73. The molecule has 3 rings (SSSR count). The summed E-state index contributed by atoms with van der Waals surface area (Å²) in [5.41, 5.74) is 2.40. The van der Waals surface area contributed by atoms with Crippen LogP contribution < -0.4 is 0 Å². The lowest BCUT2D eigenvalue weighted by atomic mass is 9.92. The molecule has 0 radical (unpaired) electrons. The Kier molecular flexibility index (Phi) is 4.17. The maximum Gasteiger partial charge on any atom is 0.274 e. The number of carbonyl (C=O) groups excluding carboxylic acids is 1. The molecule has 3 heterocycles. The Labute approximate surface area is 135 Å². The highest BCUT2D eigenvalue weighted by Gasteiger charge is 2.28. The van der Waals surface area contributed by atoms with Crippen molar-refractivity contribution in [1.82, 2.24) is 20.1 Å². The van der Waals surface area contributed by atoms with E-state index in [9.17, 15) is 4.79 Å². The van der Waals surface area contributed by atoms with Gasteiger partial charge < -0.3 is 9.64 Å². The van der Waals surface area contributed by atoms with E-state index in [1.165, 1.54) is 0 Å². The fraction of sp³-hybridized carbons (Fsp3) is 0.471. The third-order valence-corrected chi connectivity index (χ3v) is 4.04. The number of H-pyrrole nitrogens is 1. The van der Waals surface area contributed by atoms with E-state index in [1.807, 2.05) is 18.2 Å². The van der Waals surface area contributed by atoms with Gasteiger partial charge in [-0.25, -0.2) is 0 Å². The average molecular weight is 314 g/mol. The van der Waals surface area contributed by atoms with Crippen molar-refractivity contribution >= 4 is 5.91 Å². The summed E-state index contributed by atoms with van der Waals surface area (Å²) in [5.74, 6) is -0.0564. The number of morpholine rings is 1. The molecule has 6 heteroatoms. The molecular formula is C17H22N4O2. The van der Waals surface area contributed by atoms with Crippen LogP contribution >= 0.6 is 0 Å². The normalized spacial score (nSPS) is 18.9. The number of hydrogen-bond donors (Lipinski definition) is 1. The number of rotatable bonds is 2. The van der Waals surface area contributed by atoms with Crippen molar-refractivity contribution in [1.29, 1.82) is 0 Å². The molecule has 1 N–H and O–H groups in total. The van der Waals surface area contributed by atoms with E-state index < -0.39 is 0 Å². The predicted octanol–water partition coefficient (Wildman–Crippen LogP) is 2.32. The highest BCUT2D eigenvalue weighted by molar-refractivity contribution is 5.92. The Bertz CT molecular complexity index is 675. The van der Waals surface area contributed by atoms with E-state index in [0.29, 0.717) is 25.4 Å². The van der Waals surface area contributed by atoms with Gasteiger partial charge in [0, 0.05) is 30.0 Å². The van der Waals surface area contributed by atoms with Gasteiger partial charge in [0.25, 0.3) is 5.91 Å². The van der Waals surface area contributed by atoms with Crippen molar-refractivity contribution in [3.8, 4) is 0 Å². The Morgan fingerprint density at radius 2 is 2.09 bits per heavy atom. The average Bonchev–Trinajstić information content (AvgIpc) is 3.05. The van der Waals surface area contributed by atoms with Crippen LogP contribution in [0.3, 0.4) is 0 Å². The van der Waals surface area contributed by atoms with Gasteiger partial charge in [-0.05, 0) is 23.8 Å². The summed E-state index contributed by atoms with van der Waals surface area (Å²) in [6.07, 6.45) is 3.36. The van der Waals surface area contributed by atoms with Gasteiger partial charge in [-0.3, -0.25) is 14.9 Å². The molecule has 2 aromatic rings. The highest BCUT2D eigenvalue weighted by Crippen LogP contribution is 2.24. The molecule has 0 aromatic carbocycles. The number of nitrogens with zero attached hydrogens (tertiary/aromatic N) is 3. The molecule has 122 valence electrons. The van der Waals surface area contributed by atoms with Crippen molar-refractivity contribution in [2.45, 2.75) is 32.3 Å². The zero-order valence-corrected chi connectivity index (χ0v) is 13.7. The van der Waals surface area contributed by atoms with Gasteiger partial charge in [0.1, 0.15) is 11.8 Å². The molecular weight excluding hydrogens is 292 g/mol. The third kappa shape index (κ3) is 3.42. The van der Waals surface area contributed by atoms with Crippen LogP contribution in [0.5, 0.6) is 0 Å². The summed E-state index contributed by atoms with van der Waals surface area (Å²) in [5, 5.41) is 7.16. The lowest BCUT2D eigenvalue weighted by Gasteiger charge is -2.32. The van der Waals surface area contributed by atoms with Gasteiger partial charge in [-0.15, -0.1) is 0 Å². The van der Waals surface area contributed by atoms with E-state index in [4.69, 9.17) is 4.74 Å². The zero-order chi connectivity index (χ0) is 16.4. The maximum atomic E-state index is 12.7. The predicted molar refractivity (Wildman–Crippen MR) is 86.1 cm³/mol. The van der Waals surface area contributed by atoms with Gasteiger partial charge in [0.05, 0.1) is 13.2 Å². The second-order valence-electron chi connectivity index (χ2n) is 6.81. The fourth-order valence-electron chi connectivity index (χ4n) is 2.59. The van der Waals surface area contributed by atoms with E-state index in [-0.39, 0.29) is 17.4 Å². The van der Waals surface area contributed by atoms with E-state index >= 15 is 0 Å². The third-order valence-electron chi connectivity index (χ3n) is 4.04. The first-order chi connectivity index (χ1) is 10.9. The van der Waals surface area contributed by atoms with E-state index in [0.717, 1.165) is 11.3 Å². The van der Waals surface area contributed by atoms with Crippen LogP contribution in [0.4, 0.5) is 0 Å².